The van der Waals surface area contributed by atoms with Gasteiger partial charge in [0.25, 0.3) is 0 Å². The fraction of sp³-hybridized carbons (Fsp3) is 0.786. The van der Waals surface area contributed by atoms with Crippen LogP contribution in [0.25, 0.3) is 0 Å². The largest absolute Gasteiger partial charge is 0.348 e. The van der Waals surface area contributed by atoms with Gasteiger partial charge in [-0.05, 0) is 49.1 Å². The number of hydrogen-bond donors (Lipinski definition) is 0. The average molecular weight is 433 g/mol. The molecule has 2 aliphatic rings. The highest BCUT2D eigenvalue weighted by Crippen LogP contribution is 2.39. The number of aryl methyl sites for hydroxylation is 1. The molecule has 1 heterocycles. The second kappa shape index (κ2) is 13.6. The van der Waals surface area contributed by atoms with Crippen molar-refractivity contribution < 1.29 is 13.9 Å². The second-order valence-electron chi connectivity index (χ2n) is 10.1. The Hall–Kier alpha value is -0.930. The van der Waals surface area contributed by atoms with Gasteiger partial charge in [-0.3, -0.25) is 0 Å². The summed E-state index contributed by atoms with van der Waals surface area (Å²) in [6.45, 7) is 5.99. The Morgan fingerprint density at radius 3 is 2.16 bits per heavy atom. The zero-order valence-corrected chi connectivity index (χ0v) is 20.0. The number of benzene rings is 1. The van der Waals surface area contributed by atoms with Crippen LogP contribution >= 0.6 is 0 Å². The minimum Gasteiger partial charge on any atom is -0.348 e. The van der Waals surface area contributed by atoms with Crippen molar-refractivity contribution in [1.82, 2.24) is 0 Å². The third-order valence-electron chi connectivity index (χ3n) is 7.60. The number of hydrogen-bond acceptors (Lipinski definition) is 2. The number of rotatable bonds is 12. The lowest BCUT2D eigenvalue weighted by molar-refractivity contribution is -0.214. The van der Waals surface area contributed by atoms with Gasteiger partial charge >= 0.3 is 0 Å². The van der Waals surface area contributed by atoms with E-state index in [1.165, 1.54) is 77.0 Å². The average Bonchev–Trinajstić information content (AvgIpc) is 2.80. The fourth-order valence-electron chi connectivity index (χ4n) is 5.45. The van der Waals surface area contributed by atoms with Crippen LogP contribution in [-0.4, -0.2) is 13.2 Å². The van der Waals surface area contributed by atoms with E-state index in [9.17, 15) is 4.39 Å². The second-order valence-corrected chi connectivity index (χ2v) is 10.1. The van der Waals surface area contributed by atoms with Crippen molar-refractivity contribution in [3.05, 3.63) is 35.1 Å². The Kier molecular flexibility index (Phi) is 10.8. The maximum absolute atomic E-state index is 14.6. The van der Waals surface area contributed by atoms with Crippen LogP contribution < -0.4 is 0 Å². The molecule has 0 aromatic heterocycles. The van der Waals surface area contributed by atoms with Crippen molar-refractivity contribution >= 4 is 0 Å². The van der Waals surface area contributed by atoms with Gasteiger partial charge in [0.1, 0.15) is 5.82 Å². The summed E-state index contributed by atoms with van der Waals surface area (Å²) < 4.78 is 26.7. The molecule has 1 aromatic carbocycles. The molecule has 2 fully saturated rings. The van der Waals surface area contributed by atoms with Gasteiger partial charge in [-0.15, -0.1) is 0 Å². The molecule has 1 aliphatic carbocycles. The van der Waals surface area contributed by atoms with E-state index >= 15 is 0 Å². The molecular weight excluding hydrogens is 387 g/mol. The van der Waals surface area contributed by atoms with E-state index in [0.29, 0.717) is 5.92 Å². The Labute approximate surface area is 190 Å². The van der Waals surface area contributed by atoms with Gasteiger partial charge < -0.3 is 9.47 Å². The lowest BCUT2D eigenvalue weighted by Crippen LogP contribution is -2.34. The summed E-state index contributed by atoms with van der Waals surface area (Å²) in [5.41, 5.74) is 1.65. The van der Waals surface area contributed by atoms with Gasteiger partial charge in [0.2, 0.25) is 0 Å². The van der Waals surface area contributed by atoms with Crippen LogP contribution in [0.1, 0.15) is 115 Å². The number of halogens is 1. The SMILES string of the molecule is CCCCCCCc1ccc(C2OCC(C3CCC(CCCCC)CC3)CO2)cc1F. The summed E-state index contributed by atoms with van der Waals surface area (Å²) in [6, 6.07) is 5.56. The third kappa shape index (κ3) is 7.86. The smallest absolute Gasteiger partial charge is 0.183 e. The van der Waals surface area contributed by atoms with Gasteiger partial charge in [-0.2, -0.15) is 0 Å². The van der Waals surface area contributed by atoms with Crippen molar-refractivity contribution in [2.45, 2.75) is 110 Å². The molecule has 1 aliphatic heterocycles. The van der Waals surface area contributed by atoms with Crippen LogP contribution in [0.2, 0.25) is 0 Å². The first-order valence-corrected chi connectivity index (χ1v) is 13.2. The van der Waals surface area contributed by atoms with Gasteiger partial charge in [0.05, 0.1) is 13.2 Å². The molecule has 0 N–H and O–H groups in total. The summed E-state index contributed by atoms with van der Waals surface area (Å²) in [5, 5.41) is 0. The molecule has 0 atom stereocenters. The highest BCUT2D eigenvalue weighted by Gasteiger charge is 2.32. The molecule has 3 rings (SSSR count). The van der Waals surface area contributed by atoms with Gasteiger partial charge in [0, 0.05) is 11.5 Å². The van der Waals surface area contributed by atoms with Crippen molar-refractivity contribution in [2.24, 2.45) is 17.8 Å². The lowest BCUT2D eigenvalue weighted by Gasteiger charge is -2.38. The molecule has 1 aromatic rings. The van der Waals surface area contributed by atoms with E-state index in [4.69, 9.17) is 9.47 Å². The van der Waals surface area contributed by atoms with E-state index in [1.807, 2.05) is 12.1 Å². The molecule has 3 heteroatoms. The molecule has 0 bridgehead atoms. The number of unbranched alkanes of at least 4 members (excludes halogenated alkanes) is 6. The Morgan fingerprint density at radius 1 is 0.806 bits per heavy atom. The fourth-order valence-corrected chi connectivity index (χ4v) is 5.45. The van der Waals surface area contributed by atoms with Crippen LogP contribution in [0.4, 0.5) is 4.39 Å². The molecule has 0 radical (unpaired) electrons. The van der Waals surface area contributed by atoms with Gasteiger partial charge in [0.15, 0.2) is 6.29 Å². The van der Waals surface area contributed by atoms with Crippen LogP contribution in [0, 0.1) is 23.6 Å². The lowest BCUT2D eigenvalue weighted by atomic mass is 9.74. The highest BCUT2D eigenvalue weighted by atomic mass is 19.1. The van der Waals surface area contributed by atoms with Crippen molar-refractivity contribution in [2.75, 3.05) is 13.2 Å². The first-order chi connectivity index (χ1) is 15.2. The Bertz CT molecular complexity index is 615. The molecule has 0 unspecified atom stereocenters. The molecule has 31 heavy (non-hydrogen) atoms. The maximum atomic E-state index is 14.6. The van der Waals surface area contributed by atoms with Gasteiger partial charge in [-0.1, -0.05) is 90.2 Å². The predicted molar refractivity (Wildman–Crippen MR) is 127 cm³/mol. The van der Waals surface area contributed by atoms with Crippen LogP contribution in [0.3, 0.4) is 0 Å². The summed E-state index contributed by atoms with van der Waals surface area (Å²) in [4.78, 5) is 0. The monoisotopic (exact) mass is 432 g/mol. The van der Waals surface area contributed by atoms with Crippen LogP contribution in [0.5, 0.6) is 0 Å². The maximum Gasteiger partial charge on any atom is 0.183 e. The van der Waals surface area contributed by atoms with Crippen LogP contribution in [0.15, 0.2) is 18.2 Å². The zero-order valence-electron chi connectivity index (χ0n) is 20.0. The van der Waals surface area contributed by atoms with Crippen LogP contribution in [-0.2, 0) is 15.9 Å². The molecule has 0 spiro atoms. The topological polar surface area (TPSA) is 18.5 Å². The zero-order chi connectivity index (χ0) is 21.9. The summed E-state index contributed by atoms with van der Waals surface area (Å²) in [5.74, 6) is 2.06. The van der Waals surface area contributed by atoms with E-state index in [1.54, 1.807) is 6.07 Å². The standard InChI is InChI=1S/C28H45FO2/c1-3-5-7-8-10-12-24-17-18-25(19-27(24)29)28-30-20-26(21-31-28)23-15-13-22(14-16-23)11-9-6-4-2/h17-19,22-23,26,28H,3-16,20-21H2,1-2H3. The van der Waals surface area contributed by atoms with E-state index in [2.05, 4.69) is 13.8 Å². The Balaban J connectivity index is 1.39. The predicted octanol–water partition coefficient (Wildman–Crippen LogP) is 8.39. The normalized spacial score (nSPS) is 26.8. The van der Waals surface area contributed by atoms with Crippen molar-refractivity contribution in [1.29, 1.82) is 0 Å². The van der Waals surface area contributed by atoms with Crippen molar-refractivity contribution in [3.63, 3.8) is 0 Å². The molecule has 1 saturated heterocycles. The molecule has 0 amide bonds. The minimum absolute atomic E-state index is 0.108. The first-order valence-electron chi connectivity index (χ1n) is 13.2. The highest BCUT2D eigenvalue weighted by molar-refractivity contribution is 5.25. The molecular formula is C28H45FO2. The molecule has 1 saturated carbocycles. The van der Waals surface area contributed by atoms with E-state index < -0.39 is 6.29 Å². The summed E-state index contributed by atoms with van der Waals surface area (Å²) in [7, 11) is 0. The van der Waals surface area contributed by atoms with E-state index in [0.717, 1.165) is 49.0 Å². The molecule has 2 nitrogen and oxygen atoms in total. The Morgan fingerprint density at radius 2 is 1.48 bits per heavy atom. The summed E-state index contributed by atoms with van der Waals surface area (Å²) in [6.07, 6.45) is 17.3. The van der Waals surface area contributed by atoms with Crippen molar-refractivity contribution in [3.8, 4) is 0 Å². The number of ether oxygens (including phenoxy) is 2. The minimum atomic E-state index is -0.408. The van der Waals surface area contributed by atoms with E-state index in [-0.39, 0.29) is 5.82 Å². The third-order valence-corrected chi connectivity index (χ3v) is 7.60. The summed E-state index contributed by atoms with van der Waals surface area (Å²) >= 11 is 0. The quantitative estimate of drug-likeness (QED) is 0.309. The molecule has 176 valence electrons. The van der Waals surface area contributed by atoms with Gasteiger partial charge in [-0.25, -0.2) is 4.39 Å². The first kappa shape index (κ1) is 24.7.